The van der Waals surface area contributed by atoms with Crippen molar-refractivity contribution in [1.29, 1.82) is 0 Å². The van der Waals surface area contributed by atoms with Crippen LogP contribution in [0.5, 0.6) is 11.5 Å². The van der Waals surface area contributed by atoms with Crippen LogP contribution >= 0.6 is 24.0 Å². The van der Waals surface area contributed by atoms with Gasteiger partial charge in [-0.3, -0.25) is 19.8 Å². The number of hydrogen-bond acceptors (Lipinski definition) is 7. The van der Waals surface area contributed by atoms with Gasteiger partial charge in [0.1, 0.15) is 0 Å². The molecule has 156 valence electrons. The van der Waals surface area contributed by atoms with Crippen LogP contribution in [-0.4, -0.2) is 28.4 Å². The van der Waals surface area contributed by atoms with Crippen molar-refractivity contribution >= 4 is 51.7 Å². The second kappa shape index (κ2) is 9.73. The highest BCUT2D eigenvalue weighted by Gasteiger charge is 2.34. The number of thiocarbonyl (C=S) groups is 1. The Morgan fingerprint density at radius 2 is 1.97 bits per heavy atom. The molecular weight excluding hydrogens is 424 g/mol. The van der Waals surface area contributed by atoms with E-state index in [0.29, 0.717) is 39.6 Å². The van der Waals surface area contributed by atoms with E-state index in [4.69, 9.17) is 21.7 Å². The van der Waals surface area contributed by atoms with E-state index >= 15 is 0 Å². The summed E-state index contributed by atoms with van der Waals surface area (Å²) < 4.78 is 11.7. The molecule has 1 aliphatic heterocycles. The number of amides is 1. The number of nitro groups is 1. The fourth-order valence-electron chi connectivity index (χ4n) is 2.80. The second-order valence-corrected chi connectivity index (χ2v) is 7.96. The lowest BCUT2D eigenvalue weighted by molar-refractivity contribution is -0.384. The minimum absolute atomic E-state index is 0.102. The first-order chi connectivity index (χ1) is 14.4. The molecule has 9 heteroatoms. The molecule has 1 heterocycles. The van der Waals surface area contributed by atoms with Crippen molar-refractivity contribution in [3.63, 3.8) is 0 Å². The highest BCUT2D eigenvalue weighted by Crippen LogP contribution is 2.38. The molecule has 2 aromatic rings. The number of hydrogen-bond donors (Lipinski definition) is 0. The van der Waals surface area contributed by atoms with Gasteiger partial charge in [-0.2, -0.15) is 0 Å². The smallest absolute Gasteiger partial charge is 0.271 e. The molecule has 30 heavy (non-hydrogen) atoms. The van der Waals surface area contributed by atoms with Crippen molar-refractivity contribution in [1.82, 2.24) is 0 Å². The summed E-state index contributed by atoms with van der Waals surface area (Å²) in [4.78, 5) is 25.2. The number of non-ortho nitro benzene ring substituents is 1. The third-order valence-electron chi connectivity index (χ3n) is 4.12. The van der Waals surface area contributed by atoms with Crippen LogP contribution in [0.3, 0.4) is 0 Å². The molecule has 3 rings (SSSR count). The summed E-state index contributed by atoms with van der Waals surface area (Å²) >= 11 is 6.50. The van der Waals surface area contributed by atoms with Crippen molar-refractivity contribution < 1.29 is 19.2 Å². The average molecular weight is 445 g/mol. The lowest BCUT2D eigenvalue weighted by Gasteiger charge is -2.14. The van der Waals surface area contributed by atoms with E-state index in [9.17, 15) is 14.9 Å². The molecule has 0 aromatic heterocycles. The molecule has 1 saturated heterocycles. The third kappa shape index (κ3) is 4.80. The van der Waals surface area contributed by atoms with Gasteiger partial charge in [-0.05, 0) is 43.2 Å². The molecule has 0 N–H and O–H groups in total. The molecule has 0 bridgehead atoms. The van der Waals surface area contributed by atoms with E-state index in [1.165, 1.54) is 23.1 Å². The van der Waals surface area contributed by atoms with Crippen LogP contribution in [0, 0.1) is 10.1 Å². The van der Waals surface area contributed by atoms with Crippen molar-refractivity contribution in [3.05, 3.63) is 63.0 Å². The lowest BCUT2D eigenvalue weighted by Crippen LogP contribution is -2.27. The molecule has 0 aliphatic carbocycles. The van der Waals surface area contributed by atoms with Crippen molar-refractivity contribution in [2.45, 2.75) is 20.3 Å². The molecule has 1 fully saturated rings. The molecule has 0 saturated carbocycles. The summed E-state index contributed by atoms with van der Waals surface area (Å²) in [7, 11) is 0. The van der Waals surface area contributed by atoms with Crippen molar-refractivity contribution in [2.75, 3.05) is 18.1 Å². The van der Waals surface area contributed by atoms with Gasteiger partial charge in [-0.1, -0.05) is 43.0 Å². The molecule has 0 spiro atoms. The van der Waals surface area contributed by atoms with Gasteiger partial charge >= 0.3 is 0 Å². The standard InChI is InChI=1S/C21H20N2O5S2/c1-3-10-28-17-9-8-14(11-18(17)27-4-2)12-19-20(24)22(21(29)30-19)15-6-5-7-16(13-15)23(25)26/h5-9,11-13H,3-4,10H2,1-2H3/b19-12+. The number of anilines is 1. The SMILES string of the molecule is CCCOc1ccc(/C=C2/SC(=S)N(c3cccc([N+](=O)[O-])c3)C2=O)cc1OCC. The molecular formula is C21H20N2O5S2. The zero-order valence-electron chi connectivity index (χ0n) is 16.5. The minimum atomic E-state index is -0.506. The Hall–Kier alpha value is -2.91. The third-order valence-corrected chi connectivity index (χ3v) is 5.42. The number of ether oxygens (including phenoxy) is 2. The lowest BCUT2D eigenvalue weighted by atomic mass is 10.1. The Bertz CT molecular complexity index is 1020. The molecule has 0 atom stereocenters. The van der Waals surface area contributed by atoms with E-state index in [0.717, 1.165) is 23.7 Å². The number of rotatable bonds is 8. The Balaban J connectivity index is 1.89. The Labute approximate surface area is 183 Å². The number of benzene rings is 2. The fraction of sp³-hybridized carbons (Fsp3) is 0.238. The van der Waals surface area contributed by atoms with Crippen LogP contribution in [0.25, 0.3) is 6.08 Å². The van der Waals surface area contributed by atoms with Gasteiger partial charge in [0.2, 0.25) is 0 Å². The normalized spacial score (nSPS) is 15.0. The van der Waals surface area contributed by atoms with Gasteiger partial charge in [0, 0.05) is 12.1 Å². The maximum Gasteiger partial charge on any atom is 0.271 e. The Morgan fingerprint density at radius 3 is 2.67 bits per heavy atom. The number of nitro benzene ring substituents is 1. The maximum atomic E-state index is 12.9. The molecule has 7 nitrogen and oxygen atoms in total. The highest BCUT2D eigenvalue weighted by molar-refractivity contribution is 8.27. The summed E-state index contributed by atoms with van der Waals surface area (Å²) in [6.07, 6.45) is 2.61. The van der Waals surface area contributed by atoms with E-state index in [2.05, 4.69) is 0 Å². The highest BCUT2D eigenvalue weighted by atomic mass is 32.2. The second-order valence-electron chi connectivity index (χ2n) is 6.28. The van der Waals surface area contributed by atoms with Gasteiger partial charge in [-0.25, -0.2) is 0 Å². The Kier molecular flexibility index (Phi) is 7.07. The van der Waals surface area contributed by atoms with Crippen LogP contribution < -0.4 is 14.4 Å². The molecule has 1 aliphatic rings. The predicted molar refractivity (Wildman–Crippen MR) is 122 cm³/mol. The first-order valence-corrected chi connectivity index (χ1v) is 10.6. The van der Waals surface area contributed by atoms with Crippen LogP contribution in [0.2, 0.25) is 0 Å². The molecule has 0 radical (unpaired) electrons. The Morgan fingerprint density at radius 1 is 1.17 bits per heavy atom. The van der Waals surface area contributed by atoms with E-state index in [-0.39, 0.29) is 11.6 Å². The van der Waals surface area contributed by atoms with Gasteiger partial charge in [0.05, 0.1) is 28.7 Å². The zero-order valence-corrected chi connectivity index (χ0v) is 18.1. The van der Waals surface area contributed by atoms with Gasteiger partial charge < -0.3 is 9.47 Å². The summed E-state index contributed by atoms with van der Waals surface area (Å²) in [5.41, 5.74) is 1.03. The molecule has 0 unspecified atom stereocenters. The number of nitrogens with zero attached hydrogens (tertiary/aromatic N) is 2. The average Bonchev–Trinajstić information content (AvgIpc) is 3.00. The minimum Gasteiger partial charge on any atom is -0.490 e. The summed E-state index contributed by atoms with van der Waals surface area (Å²) in [6.45, 7) is 4.99. The van der Waals surface area contributed by atoms with Crippen LogP contribution in [0.15, 0.2) is 47.4 Å². The number of carbonyl (C=O) groups excluding carboxylic acids is 1. The van der Waals surface area contributed by atoms with Crippen molar-refractivity contribution in [2.24, 2.45) is 0 Å². The summed E-state index contributed by atoms with van der Waals surface area (Å²) in [5, 5.41) is 11.0. The van der Waals surface area contributed by atoms with E-state index in [1.54, 1.807) is 12.1 Å². The fourth-order valence-corrected chi connectivity index (χ4v) is 4.10. The van der Waals surface area contributed by atoms with Gasteiger partial charge in [0.25, 0.3) is 11.6 Å². The quantitative estimate of drug-likeness (QED) is 0.240. The van der Waals surface area contributed by atoms with Gasteiger partial charge in [-0.15, -0.1) is 0 Å². The molecule has 2 aromatic carbocycles. The van der Waals surface area contributed by atoms with Crippen molar-refractivity contribution in [3.8, 4) is 11.5 Å². The van der Waals surface area contributed by atoms with Crippen LogP contribution in [0.1, 0.15) is 25.8 Å². The van der Waals surface area contributed by atoms with Crippen LogP contribution in [0.4, 0.5) is 11.4 Å². The largest absolute Gasteiger partial charge is 0.490 e. The van der Waals surface area contributed by atoms with E-state index in [1.807, 2.05) is 32.0 Å². The summed E-state index contributed by atoms with van der Waals surface area (Å²) in [6, 6.07) is 11.3. The zero-order chi connectivity index (χ0) is 21.7. The number of carbonyl (C=O) groups is 1. The first kappa shape index (κ1) is 21.8. The maximum absolute atomic E-state index is 12.9. The van der Waals surface area contributed by atoms with Gasteiger partial charge in [0.15, 0.2) is 15.8 Å². The predicted octanol–water partition coefficient (Wildman–Crippen LogP) is 5.19. The first-order valence-electron chi connectivity index (χ1n) is 9.36. The monoisotopic (exact) mass is 444 g/mol. The molecule has 1 amide bonds. The summed E-state index contributed by atoms with van der Waals surface area (Å²) in [5.74, 6) is 0.934. The number of thioether (sulfide) groups is 1. The topological polar surface area (TPSA) is 81.9 Å². The van der Waals surface area contributed by atoms with Crippen LogP contribution in [-0.2, 0) is 4.79 Å². The van der Waals surface area contributed by atoms with E-state index < -0.39 is 4.92 Å².